The van der Waals surface area contributed by atoms with Crippen LogP contribution in [-0.4, -0.2) is 47.9 Å². The highest BCUT2D eigenvalue weighted by Crippen LogP contribution is 2.29. The molecule has 7 heteroatoms. The Morgan fingerprint density at radius 1 is 1.23 bits per heavy atom. The van der Waals surface area contributed by atoms with Gasteiger partial charge in [0.25, 0.3) is 0 Å². The van der Waals surface area contributed by atoms with Gasteiger partial charge in [-0.1, -0.05) is 6.92 Å². The maximum absolute atomic E-state index is 11.0. The number of hydrogen-bond acceptors (Lipinski definition) is 5. The smallest absolute Gasteiger partial charge is 0.160 e. The van der Waals surface area contributed by atoms with Gasteiger partial charge in [-0.05, 0) is 33.1 Å². The fraction of sp³-hybridized carbons (Fsp3) is 0.526. The Morgan fingerprint density at radius 2 is 2.00 bits per heavy atom. The van der Waals surface area contributed by atoms with Crippen LogP contribution in [0.2, 0.25) is 0 Å². The highest BCUT2D eigenvalue weighted by molar-refractivity contribution is 5.57. The normalized spacial score (nSPS) is 17.2. The molecule has 0 spiro atoms. The molecule has 1 aliphatic heterocycles. The number of imidazole rings is 1. The van der Waals surface area contributed by atoms with Crippen molar-refractivity contribution in [3.8, 4) is 0 Å². The number of hydrogen-bond donors (Lipinski definition) is 1. The molecule has 4 heterocycles. The highest BCUT2D eigenvalue weighted by atomic mass is 16.3. The van der Waals surface area contributed by atoms with Gasteiger partial charge >= 0.3 is 0 Å². The number of nitrogens with zero attached hydrogens (tertiary/aromatic N) is 6. The fourth-order valence-corrected chi connectivity index (χ4v) is 3.70. The number of anilines is 1. The van der Waals surface area contributed by atoms with Crippen molar-refractivity contribution < 1.29 is 5.11 Å². The van der Waals surface area contributed by atoms with E-state index in [1.807, 2.05) is 22.2 Å². The maximum Gasteiger partial charge on any atom is 0.160 e. The molecule has 0 radical (unpaired) electrons. The number of piperidine rings is 1. The summed E-state index contributed by atoms with van der Waals surface area (Å²) >= 11 is 0. The number of fused-ring (bicyclic) bond motifs is 1. The van der Waals surface area contributed by atoms with Gasteiger partial charge in [0, 0.05) is 42.8 Å². The molecule has 0 saturated carbocycles. The zero-order valence-electron chi connectivity index (χ0n) is 15.7. The van der Waals surface area contributed by atoms with Crippen LogP contribution in [0.5, 0.6) is 0 Å². The van der Waals surface area contributed by atoms with E-state index in [9.17, 15) is 5.11 Å². The lowest BCUT2D eigenvalue weighted by molar-refractivity contribution is -0.000238. The van der Waals surface area contributed by atoms with Gasteiger partial charge in [0.1, 0.15) is 5.82 Å². The summed E-state index contributed by atoms with van der Waals surface area (Å²) in [6.45, 7) is 8.41. The molecule has 3 aromatic heterocycles. The first-order chi connectivity index (χ1) is 12.5. The summed E-state index contributed by atoms with van der Waals surface area (Å²) in [5.74, 6) is 1.08. The Morgan fingerprint density at radius 3 is 2.65 bits per heavy atom. The van der Waals surface area contributed by atoms with E-state index in [4.69, 9.17) is 10.1 Å². The molecular weight excluding hydrogens is 328 g/mol. The van der Waals surface area contributed by atoms with Crippen molar-refractivity contribution in [3.05, 3.63) is 41.7 Å². The molecule has 1 N–H and O–H groups in total. The second kappa shape index (κ2) is 6.39. The van der Waals surface area contributed by atoms with E-state index in [2.05, 4.69) is 29.8 Å². The molecule has 0 unspecified atom stereocenters. The average Bonchev–Trinajstić information content (AvgIpc) is 3.23. The molecule has 0 atom stereocenters. The van der Waals surface area contributed by atoms with E-state index >= 15 is 0 Å². The third-order valence-corrected chi connectivity index (χ3v) is 5.51. The fourth-order valence-electron chi connectivity index (χ4n) is 3.70. The minimum absolute atomic E-state index is 0.590. The van der Waals surface area contributed by atoms with Gasteiger partial charge in [-0.15, -0.1) is 0 Å². The van der Waals surface area contributed by atoms with Gasteiger partial charge in [-0.25, -0.2) is 9.97 Å². The van der Waals surface area contributed by atoms with Crippen molar-refractivity contribution in [2.24, 2.45) is 0 Å². The molecule has 4 rings (SSSR count). The van der Waals surface area contributed by atoms with Crippen LogP contribution in [-0.2, 0) is 13.0 Å². The van der Waals surface area contributed by atoms with Crippen LogP contribution >= 0.6 is 0 Å². The first kappa shape index (κ1) is 17.0. The minimum Gasteiger partial charge on any atom is -0.388 e. The lowest BCUT2D eigenvalue weighted by Crippen LogP contribution is -2.47. The van der Waals surface area contributed by atoms with Crippen molar-refractivity contribution >= 4 is 11.5 Å². The third-order valence-electron chi connectivity index (χ3n) is 5.51. The molecule has 7 nitrogen and oxygen atoms in total. The summed E-state index contributed by atoms with van der Waals surface area (Å²) < 4.78 is 3.92. The standard InChI is InChI=1S/C19H26N6O/c1-4-16-11-17(25-18(21-16)14(2)15(3)22-25)24-8-5-19(26,6-9-24)12-23-10-7-20-13-23/h7,10-11,13,26H,4-6,8-9,12H2,1-3H3. The highest BCUT2D eigenvalue weighted by Gasteiger charge is 2.33. The van der Waals surface area contributed by atoms with Crippen molar-refractivity contribution in [3.63, 3.8) is 0 Å². The summed E-state index contributed by atoms with van der Waals surface area (Å²) in [5, 5.41) is 15.7. The second-order valence-electron chi connectivity index (χ2n) is 7.35. The molecule has 1 saturated heterocycles. The topological polar surface area (TPSA) is 71.5 Å². The number of rotatable bonds is 4. The van der Waals surface area contributed by atoms with Crippen molar-refractivity contribution in [1.29, 1.82) is 0 Å². The zero-order valence-corrected chi connectivity index (χ0v) is 15.7. The Balaban J connectivity index is 1.60. The second-order valence-corrected chi connectivity index (χ2v) is 7.35. The average molecular weight is 354 g/mol. The minimum atomic E-state index is -0.688. The first-order valence-corrected chi connectivity index (χ1v) is 9.28. The van der Waals surface area contributed by atoms with E-state index in [0.29, 0.717) is 6.54 Å². The van der Waals surface area contributed by atoms with Gasteiger partial charge in [0.15, 0.2) is 5.65 Å². The lowest BCUT2D eigenvalue weighted by atomic mass is 9.91. The van der Waals surface area contributed by atoms with E-state index in [-0.39, 0.29) is 0 Å². The van der Waals surface area contributed by atoms with Crippen LogP contribution in [0, 0.1) is 13.8 Å². The van der Waals surface area contributed by atoms with Crippen molar-refractivity contribution in [2.75, 3.05) is 18.0 Å². The lowest BCUT2D eigenvalue weighted by Gasteiger charge is -2.39. The van der Waals surface area contributed by atoms with Gasteiger partial charge in [-0.3, -0.25) is 0 Å². The predicted octanol–water partition coefficient (Wildman–Crippen LogP) is 2.14. The van der Waals surface area contributed by atoms with Gasteiger partial charge in [-0.2, -0.15) is 9.61 Å². The Hall–Kier alpha value is -2.41. The summed E-state index contributed by atoms with van der Waals surface area (Å²) in [7, 11) is 0. The molecule has 138 valence electrons. The largest absolute Gasteiger partial charge is 0.388 e. The number of aliphatic hydroxyl groups is 1. The van der Waals surface area contributed by atoms with Crippen LogP contribution in [0.25, 0.3) is 5.65 Å². The van der Waals surface area contributed by atoms with E-state index in [1.165, 1.54) is 0 Å². The van der Waals surface area contributed by atoms with Crippen LogP contribution in [0.15, 0.2) is 24.8 Å². The maximum atomic E-state index is 11.0. The monoisotopic (exact) mass is 354 g/mol. The number of aromatic nitrogens is 5. The van der Waals surface area contributed by atoms with Crippen LogP contribution in [0.1, 0.15) is 36.7 Å². The molecule has 1 fully saturated rings. The van der Waals surface area contributed by atoms with Crippen LogP contribution < -0.4 is 4.90 Å². The van der Waals surface area contributed by atoms with Crippen LogP contribution in [0.3, 0.4) is 0 Å². The van der Waals surface area contributed by atoms with Crippen LogP contribution in [0.4, 0.5) is 5.82 Å². The SMILES string of the molecule is CCc1cc(N2CCC(O)(Cn3ccnc3)CC2)n2nc(C)c(C)c2n1. The first-order valence-electron chi connectivity index (χ1n) is 9.28. The molecule has 0 aromatic carbocycles. The van der Waals surface area contributed by atoms with Crippen molar-refractivity contribution in [1.82, 2.24) is 24.1 Å². The van der Waals surface area contributed by atoms with E-state index in [0.717, 1.165) is 60.8 Å². The van der Waals surface area contributed by atoms with Gasteiger partial charge < -0.3 is 14.6 Å². The van der Waals surface area contributed by atoms with E-state index in [1.54, 1.807) is 12.5 Å². The summed E-state index contributed by atoms with van der Waals surface area (Å²) in [6.07, 6.45) is 7.75. The number of aryl methyl sites for hydroxylation is 3. The Labute approximate surface area is 153 Å². The molecule has 3 aromatic rings. The molecular formula is C19H26N6O. The quantitative estimate of drug-likeness (QED) is 0.777. The molecule has 0 aliphatic carbocycles. The van der Waals surface area contributed by atoms with E-state index < -0.39 is 5.60 Å². The van der Waals surface area contributed by atoms with Crippen molar-refractivity contribution in [2.45, 2.75) is 52.2 Å². The zero-order chi connectivity index (χ0) is 18.3. The Bertz CT molecular complexity index is 906. The predicted molar refractivity (Wildman–Crippen MR) is 100 cm³/mol. The molecule has 26 heavy (non-hydrogen) atoms. The summed E-state index contributed by atoms with van der Waals surface area (Å²) in [4.78, 5) is 11.2. The summed E-state index contributed by atoms with van der Waals surface area (Å²) in [5.41, 5.74) is 3.48. The summed E-state index contributed by atoms with van der Waals surface area (Å²) in [6, 6.07) is 2.14. The Kier molecular flexibility index (Phi) is 4.19. The molecule has 0 bridgehead atoms. The van der Waals surface area contributed by atoms with Gasteiger partial charge in [0.05, 0.1) is 24.2 Å². The van der Waals surface area contributed by atoms with Gasteiger partial charge in [0.2, 0.25) is 0 Å². The molecule has 0 amide bonds. The third kappa shape index (κ3) is 2.96. The molecule has 1 aliphatic rings.